The molecule has 1 radical (unpaired) electrons. The zero-order valence-electron chi connectivity index (χ0n) is 6.18. The molecule has 0 saturated carbocycles. The second kappa shape index (κ2) is 4.36. The molecule has 2 nitrogen and oxygen atoms in total. The maximum atomic E-state index is 10.6. The molecule has 0 amide bonds. The van der Waals surface area contributed by atoms with Crippen molar-refractivity contribution < 1.29 is 9.53 Å². The Bertz CT molecular complexity index is 86.9. The largest absolute Gasteiger partial charge is 0.458 e. The van der Waals surface area contributed by atoms with Gasteiger partial charge in [-0.15, -0.1) is 0 Å². The van der Waals surface area contributed by atoms with Crippen molar-refractivity contribution in [2.75, 3.05) is 0 Å². The molecule has 9 heavy (non-hydrogen) atoms. The molecule has 0 spiro atoms. The summed E-state index contributed by atoms with van der Waals surface area (Å²) in [7, 11) is 0. The number of carbonyl (C=O) groups is 1. The van der Waals surface area contributed by atoms with Gasteiger partial charge in [-0.05, 0) is 6.42 Å². The van der Waals surface area contributed by atoms with Gasteiger partial charge in [0, 0.05) is 0 Å². The van der Waals surface area contributed by atoms with Crippen molar-refractivity contribution in [2.24, 2.45) is 5.92 Å². The van der Waals surface area contributed by atoms with Gasteiger partial charge in [-0.1, -0.05) is 20.8 Å². The molecule has 0 unspecified atom stereocenters. The molecule has 0 aliphatic heterocycles. The average molecular weight is 129 g/mol. The summed E-state index contributed by atoms with van der Waals surface area (Å²) < 4.78 is 4.69. The average Bonchev–Trinajstić information content (AvgIpc) is 1.82. The molecular formula is C7H13O2. The zero-order chi connectivity index (χ0) is 7.28. The first-order chi connectivity index (χ1) is 4.18. The highest BCUT2D eigenvalue weighted by Gasteiger charge is 2.06. The number of hydrogen-bond donors (Lipinski definition) is 0. The summed E-state index contributed by atoms with van der Waals surface area (Å²) in [5.74, 6) is -0.176. The van der Waals surface area contributed by atoms with Crippen molar-refractivity contribution in [3.63, 3.8) is 0 Å². The van der Waals surface area contributed by atoms with Crippen molar-refractivity contribution in [2.45, 2.75) is 27.2 Å². The van der Waals surface area contributed by atoms with Crippen LogP contribution in [0.1, 0.15) is 27.2 Å². The first-order valence-corrected chi connectivity index (χ1v) is 3.20. The number of carbonyl (C=O) groups excluding carboxylic acids is 1. The van der Waals surface area contributed by atoms with Crippen LogP contribution in [0.15, 0.2) is 0 Å². The van der Waals surface area contributed by atoms with E-state index >= 15 is 0 Å². The van der Waals surface area contributed by atoms with E-state index in [0.29, 0.717) is 0 Å². The Labute approximate surface area is 56.2 Å². The molecule has 0 aliphatic carbocycles. The number of hydrogen-bond acceptors (Lipinski definition) is 2. The van der Waals surface area contributed by atoms with E-state index in [4.69, 9.17) is 0 Å². The standard InChI is InChI=1S/C7H13O2/c1-4-5-9-7(8)6(2)3/h5-6H,4H2,1-3H3. The predicted octanol–water partition coefficient (Wildman–Crippen LogP) is 1.76. The highest BCUT2D eigenvalue weighted by atomic mass is 16.5. The minimum Gasteiger partial charge on any atom is -0.458 e. The van der Waals surface area contributed by atoms with E-state index in [0.717, 1.165) is 6.42 Å². The van der Waals surface area contributed by atoms with Crippen LogP contribution < -0.4 is 0 Å². The minimum atomic E-state index is -0.156. The molecule has 0 rings (SSSR count). The van der Waals surface area contributed by atoms with Gasteiger partial charge in [-0.3, -0.25) is 4.79 Å². The molecule has 0 saturated heterocycles. The van der Waals surface area contributed by atoms with Crippen LogP contribution in [0.2, 0.25) is 0 Å². The fraction of sp³-hybridized carbons (Fsp3) is 0.714. The van der Waals surface area contributed by atoms with Crippen LogP contribution in [0.5, 0.6) is 0 Å². The van der Waals surface area contributed by atoms with Crippen molar-refractivity contribution in [3.05, 3.63) is 6.61 Å². The predicted molar refractivity (Wildman–Crippen MR) is 35.5 cm³/mol. The van der Waals surface area contributed by atoms with Gasteiger partial charge in [0.05, 0.1) is 5.92 Å². The zero-order valence-corrected chi connectivity index (χ0v) is 6.18. The van der Waals surface area contributed by atoms with E-state index in [-0.39, 0.29) is 11.9 Å². The molecule has 0 aliphatic rings. The lowest BCUT2D eigenvalue weighted by molar-refractivity contribution is -0.143. The summed E-state index contributed by atoms with van der Waals surface area (Å²) in [4.78, 5) is 10.6. The Hall–Kier alpha value is -0.530. The molecule has 0 bridgehead atoms. The van der Waals surface area contributed by atoms with E-state index in [2.05, 4.69) is 4.74 Å². The highest BCUT2D eigenvalue weighted by molar-refractivity contribution is 5.71. The second-order valence-electron chi connectivity index (χ2n) is 2.17. The molecule has 2 heteroatoms. The number of ether oxygens (including phenoxy) is 1. The van der Waals surface area contributed by atoms with Crippen molar-refractivity contribution in [1.29, 1.82) is 0 Å². The maximum absolute atomic E-state index is 10.6. The summed E-state index contributed by atoms with van der Waals surface area (Å²) >= 11 is 0. The van der Waals surface area contributed by atoms with Gasteiger partial charge < -0.3 is 4.74 Å². The fourth-order valence-electron chi connectivity index (χ4n) is 0.302. The minimum absolute atomic E-state index is 0.0206. The maximum Gasteiger partial charge on any atom is 0.308 e. The van der Waals surface area contributed by atoms with Crippen LogP contribution in [-0.2, 0) is 9.53 Å². The molecule has 0 aromatic carbocycles. The van der Waals surface area contributed by atoms with Gasteiger partial charge in [0.1, 0.15) is 6.61 Å². The Morgan fingerprint density at radius 2 is 2.22 bits per heavy atom. The van der Waals surface area contributed by atoms with Crippen molar-refractivity contribution >= 4 is 5.97 Å². The summed E-state index contributed by atoms with van der Waals surface area (Å²) in [6.07, 6.45) is 0.776. The third-order valence-corrected chi connectivity index (χ3v) is 0.838. The van der Waals surface area contributed by atoms with Crippen molar-refractivity contribution in [3.8, 4) is 0 Å². The van der Waals surface area contributed by atoms with Gasteiger partial charge in [0.15, 0.2) is 0 Å². The van der Waals surface area contributed by atoms with Crippen LogP contribution in [-0.4, -0.2) is 5.97 Å². The summed E-state index contributed by atoms with van der Waals surface area (Å²) in [6, 6.07) is 0. The Morgan fingerprint density at radius 1 is 1.67 bits per heavy atom. The highest BCUT2D eigenvalue weighted by Crippen LogP contribution is 1.98. The van der Waals surface area contributed by atoms with E-state index in [1.165, 1.54) is 6.61 Å². The molecule has 0 N–H and O–H groups in total. The van der Waals surface area contributed by atoms with Crippen LogP contribution >= 0.6 is 0 Å². The van der Waals surface area contributed by atoms with Crippen molar-refractivity contribution in [1.82, 2.24) is 0 Å². The van der Waals surface area contributed by atoms with Crippen LogP contribution in [0.3, 0.4) is 0 Å². The number of esters is 1. The topological polar surface area (TPSA) is 26.3 Å². The van der Waals surface area contributed by atoms with E-state index in [1.807, 2.05) is 20.8 Å². The first kappa shape index (κ1) is 8.47. The molecule has 0 fully saturated rings. The van der Waals surface area contributed by atoms with Gasteiger partial charge >= 0.3 is 5.97 Å². The summed E-state index contributed by atoms with van der Waals surface area (Å²) in [6.45, 7) is 7.06. The molecule has 0 aromatic rings. The lowest BCUT2D eigenvalue weighted by Crippen LogP contribution is -2.09. The van der Waals surface area contributed by atoms with Gasteiger partial charge in [0.25, 0.3) is 0 Å². The lowest BCUT2D eigenvalue weighted by Gasteiger charge is -2.02. The Morgan fingerprint density at radius 3 is 2.56 bits per heavy atom. The van der Waals surface area contributed by atoms with Gasteiger partial charge in [-0.2, -0.15) is 0 Å². The van der Waals surface area contributed by atoms with Crippen LogP contribution in [0, 0.1) is 12.5 Å². The quantitative estimate of drug-likeness (QED) is 0.543. The SMILES string of the molecule is CC[CH]OC(=O)C(C)C. The van der Waals surface area contributed by atoms with E-state index in [1.54, 1.807) is 0 Å². The molecular weight excluding hydrogens is 116 g/mol. The fourth-order valence-corrected chi connectivity index (χ4v) is 0.302. The third kappa shape index (κ3) is 4.01. The first-order valence-electron chi connectivity index (χ1n) is 3.20. The Balaban J connectivity index is 3.28. The monoisotopic (exact) mass is 129 g/mol. The van der Waals surface area contributed by atoms with E-state index in [9.17, 15) is 4.79 Å². The molecule has 0 heterocycles. The summed E-state index contributed by atoms with van der Waals surface area (Å²) in [5.41, 5.74) is 0. The normalized spacial score (nSPS) is 9.78. The molecule has 53 valence electrons. The summed E-state index contributed by atoms with van der Waals surface area (Å²) in [5, 5.41) is 0. The molecule has 0 atom stereocenters. The second-order valence-corrected chi connectivity index (χ2v) is 2.17. The van der Waals surface area contributed by atoms with Crippen LogP contribution in [0.25, 0.3) is 0 Å². The smallest absolute Gasteiger partial charge is 0.308 e. The Kier molecular flexibility index (Phi) is 4.10. The van der Waals surface area contributed by atoms with E-state index < -0.39 is 0 Å². The lowest BCUT2D eigenvalue weighted by atomic mass is 10.2. The third-order valence-electron chi connectivity index (χ3n) is 0.838. The number of rotatable bonds is 3. The van der Waals surface area contributed by atoms with Crippen LogP contribution in [0.4, 0.5) is 0 Å². The molecule has 0 aromatic heterocycles. The van der Waals surface area contributed by atoms with Gasteiger partial charge in [-0.25, -0.2) is 0 Å². The van der Waals surface area contributed by atoms with Gasteiger partial charge in [0.2, 0.25) is 0 Å².